The van der Waals surface area contributed by atoms with Crippen LogP contribution in [-0.4, -0.2) is 33.4 Å². The molecule has 1 saturated heterocycles. The van der Waals surface area contributed by atoms with Crippen LogP contribution in [0, 0.1) is 10.1 Å². The molecular formula is C20H23N3O4. The van der Waals surface area contributed by atoms with Gasteiger partial charge in [-0.1, -0.05) is 6.42 Å². The number of benzene rings is 2. The normalized spacial score (nSPS) is 17.4. The number of nitrogens with zero attached hydrogens (tertiary/aromatic N) is 2. The lowest BCUT2D eigenvalue weighted by atomic mass is 10.0. The molecule has 1 amide bonds. The molecule has 0 radical (unpaired) electrons. The fourth-order valence-electron chi connectivity index (χ4n) is 3.34. The van der Waals surface area contributed by atoms with Gasteiger partial charge in [0.25, 0.3) is 11.6 Å². The molecule has 7 nitrogen and oxygen atoms in total. The van der Waals surface area contributed by atoms with E-state index in [-0.39, 0.29) is 17.3 Å². The Hall–Kier alpha value is -2.93. The van der Waals surface area contributed by atoms with Crippen LogP contribution in [-0.2, 0) is 6.54 Å². The second kappa shape index (κ2) is 8.18. The van der Waals surface area contributed by atoms with Crippen molar-refractivity contribution in [3.05, 3.63) is 63.7 Å². The van der Waals surface area contributed by atoms with E-state index >= 15 is 0 Å². The summed E-state index contributed by atoms with van der Waals surface area (Å²) in [5, 5.41) is 23.7. The number of carbonyl (C=O) groups is 1. The highest BCUT2D eigenvalue weighted by molar-refractivity contribution is 6.04. The minimum absolute atomic E-state index is 0.0610. The maximum absolute atomic E-state index is 12.4. The van der Waals surface area contributed by atoms with Gasteiger partial charge in [-0.2, -0.15) is 0 Å². The predicted molar refractivity (Wildman–Crippen MR) is 103 cm³/mol. The number of non-ortho nitro benzene ring substituents is 1. The molecule has 0 spiro atoms. The van der Waals surface area contributed by atoms with Crippen LogP contribution < -0.4 is 5.32 Å². The minimum atomic E-state index is -0.504. The number of carbonyl (C=O) groups excluding carboxylic acids is 1. The van der Waals surface area contributed by atoms with Crippen molar-refractivity contribution in [1.82, 2.24) is 4.90 Å². The maximum Gasteiger partial charge on any atom is 0.269 e. The van der Waals surface area contributed by atoms with Crippen molar-refractivity contribution in [2.45, 2.75) is 38.8 Å². The molecule has 1 aliphatic heterocycles. The Morgan fingerprint density at radius 3 is 2.67 bits per heavy atom. The van der Waals surface area contributed by atoms with Gasteiger partial charge in [-0.15, -0.1) is 0 Å². The molecule has 0 aromatic heterocycles. The smallest absolute Gasteiger partial charge is 0.269 e. The van der Waals surface area contributed by atoms with Crippen molar-refractivity contribution in [2.24, 2.45) is 0 Å². The van der Waals surface area contributed by atoms with Gasteiger partial charge >= 0.3 is 0 Å². The highest BCUT2D eigenvalue weighted by Crippen LogP contribution is 2.26. The maximum atomic E-state index is 12.4. The summed E-state index contributed by atoms with van der Waals surface area (Å²) >= 11 is 0. The van der Waals surface area contributed by atoms with Gasteiger partial charge in [0.2, 0.25) is 0 Å². The summed E-state index contributed by atoms with van der Waals surface area (Å²) in [5.41, 5.74) is 1.62. The second-order valence-electron chi connectivity index (χ2n) is 6.92. The third-order valence-corrected chi connectivity index (χ3v) is 4.99. The Morgan fingerprint density at radius 2 is 2.00 bits per heavy atom. The number of rotatable bonds is 5. The van der Waals surface area contributed by atoms with Crippen molar-refractivity contribution in [3.63, 3.8) is 0 Å². The van der Waals surface area contributed by atoms with E-state index in [0.717, 1.165) is 24.9 Å². The zero-order valence-corrected chi connectivity index (χ0v) is 15.2. The number of hydrogen-bond donors (Lipinski definition) is 2. The van der Waals surface area contributed by atoms with Gasteiger partial charge in [0.1, 0.15) is 5.75 Å². The molecule has 142 valence electrons. The number of phenolic OH excluding ortho intramolecular Hbond substituents is 1. The number of piperidine rings is 1. The van der Waals surface area contributed by atoms with Crippen molar-refractivity contribution >= 4 is 17.3 Å². The quantitative estimate of drug-likeness (QED) is 0.473. The first-order chi connectivity index (χ1) is 12.9. The lowest BCUT2D eigenvalue weighted by Crippen LogP contribution is -2.36. The highest BCUT2D eigenvalue weighted by Gasteiger charge is 2.19. The van der Waals surface area contributed by atoms with Gasteiger partial charge in [0.05, 0.1) is 4.92 Å². The number of likely N-dealkylation sites (tertiary alicyclic amines) is 1. The minimum Gasteiger partial charge on any atom is -0.508 e. The molecule has 1 atom stereocenters. The van der Waals surface area contributed by atoms with Crippen LogP contribution >= 0.6 is 0 Å². The number of nitro groups is 1. The van der Waals surface area contributed by atoms with Gasteiger partial charge in [-0.3, -0.25) is 19.8 Å². The standard InChI is InChI=1S/C20H23N3O4/c1-14-4-2-3-11-22(14)13-16-12-17(7-10-19(16)24)21-20(25)15-5-8-18(9-6-15)23(26)27/h5-10,12,14,24H,2-4,11,13H2,1H3,(H,21,25)/t14-/m0/s1. The van der Waals surface area contributed by atoms with Crippen LogP contribution in [0.25, 0.3) is 0 Å². The Morgan fingerprint density at radius 1 is 1.26 bits per heavy atom. The molecule has 7 heteroatoms. The van der Waals surface area contributed by atoms with Crippen LogP contribution in [0.3, 0.4) is 0 Å². The van der Waals surface area contributed by atoms with E-state index in [1.807, 2.05) is 0 Å². The van der Waals surface area contributed by atoms with E-state index in [0.29, 0.717) is 23.8 Å². The van der Waals surface area contributed by atoms with Crippen LogP contribution in [0.5, 0.6) is 5.75 Å². The van der Waals surface area contributed by atoms with Crippen LogP contribution in [0.4, 0.5) is 11.4 Å². The Kier molecular flexibility index (Phi) is 5.71. The summed E-state index contributed by atoms with van der Waals surface area (Å²) < 4.78 is 0. The molecule has 2 aromatic rings. The molecule has 2 N–H and O–H groups in total. The molecule has 0 aliphatic carbocycles. The zero-order valence-electron chi connectivity index (χ0n) is 15.2. The van der Waals surface area contributed by atoms with E-state index in [9.17, 15) is 20.0 Å². The van der Waals surface area contributed by atoms with Gasteiger partial charge in [0.15, 0.2) is 0 Å². The van der Waals surface area contributed by atoms with E-state index in [1.165, 1.54) is 30.7 Å². The topological polar surface area (TPSA) is 95.7 Å². The summed E-state index contributed by atoms with van der Waals surface area (Å²) in [5.74, 6) is -0.144. The fourth-order valence-corrected chi connectivity index (χ4v) is 3.34. The van der Waals surface area contributed by atoms with Crippen molar-refractivity contribution in [2.75, 3.05) is 11.9 Å². The Bertz CT molecular complexity index is 836. The summed E-state index contributed by atoms with van der Waals surface area (Å²) in [6, 6.07) is 10.9. The third-order valence-electron chi connectivity index (χ3n) is 4.99. The number of hydrogen-bond acceptors (Lipinski definition) is 5. The molecule has 1 aliphatic rings. The number of phenols is 1. The molecule has 0 saturated carbocycles. The van der Waals surface area contributed by atoms with Gasteiger partial charge in [-0.05, 0) is 56.6 Å². The zero-order chi connectivity index (χ0) is 19.4. The summed E-state index contributed by atoms with van der Waals surface area (Å²) in [4.78, 5) is 24.9. The number of anilines is 1. The molecule has 1 heterocycles. The predicted octanol–water partition coefficient (Wildman–Crippen LogP) is 3.93. The largest absolute Gasteiger partial charge is 0.508 e. The molecule has 3 rings (SSSR count). The second-order valence-corrected chi connectivity index (χ2v) is 6.92. The number of nitrogens with one attached hydrogen (secondary N) is 1. The van der Waals surface area contributed by atoms with Crippen LogP contribution in [0.15, 0.2) is 42.5 Å². The summed E-state index contributed by atoms with van der Waals surface area (Å²) in [7, 11) is 0. The summed E-state index contributed by atoms with van der Waals surface area (Å²) in [6.45, 7) is 3.82. The van der Waals surface area contributed by atoms with Crippen molar-refractivity contribution in [1.29, 1.82) is 0 Å². The first-order valence-electron chi connectivity index (χ1n) is 9.06. The van der Waals surface area contributed by atoms with Crippen LogP contribution in [0.2, 0.25) is 0 Å². The third kappa shape index (κ3) is 4.62. The molecule has 2 aromatic carbocycles. The Labute approximate surface area is 157 Å². The average molecular weight is 369 g/mol. The van der Waals surface area contributed by atoms with Gasteiger partial charge in [-0.25, -0.2) is 0 Å². The fraction of sp³-hybridized carbons (Fsp3) is 0.350. The first-order valence-corrected chi connectivity index (χ1v) is 9.06. The number of amides is 1. The molecular weight excluding hydrogens is 346 g/mol. The van der Waals surface area contributed by atoms with Crippen LogP contribution in [0.1, 0.15) is 42.1 Å². The highest BCUT2D eigenvalue weighted by atomic mass is 16.6. The van der Waals surface area contributed by atoms with Gasteiger partial charge in [0, 0.05) is 41.5 Å². The van der Waals surface area contributed by atoms with Crippen molar-refractivity contribution in [3.8, 4) is 5.75 Å². The lowest BCUT2D eigenvalue weighted by Gasteiger charge is -2.33. The summed E-state index contributed by atoms with van der Waals surface area (Å²) in [6.07, 6.45) is 3.54. The van der Waals surface area contributed by atoms with E-state index in [1.54, 1.807) is 18.2 Å². The number of aromatic hydroxyl groups is 1. The number of nitro benzene ring substituents is 1. The molecule has 0 bridgehead atoms. The van der Waals surface area contributed by atoms with E-state index in [4.69, 9.17) is 0 Å². The molecule has 27 heavy (non-hydrogen) atoms. The first kappa shape index (κ1) is 18.8. The monoisotopic (exact) mass is 369 g/mol. The molecule has 0 unspecified atom stereocenters. The SMILES string of the molecule is C[C@H]1CCCCN1Cc1cc(NC(=O)c2ccc([N+](=O)[O-])cc2)ccc1O. The van der Waals surface area contributed by atoms with E-state index < -0.39 is 4.92 Å². The van der Waals surface area contributed by atoms with Gasteiger partial charge < -0.3 is 10.4 Å². The Balaban J connectivity index is 1.71. The van der Waals surface area contributed by atoms with Crippen molar-refractivity contribution < 1.29 is 14.8 Å². The molecule has 1 fully saturated rings. The van der Waals surface area contributed by atoms with E-state index in [2.05, 4.69) is 17.1 Å². The lowest BCUT2D eigenvalue weighted by molar-refractivity contribution is -0.384. The average Bonchev–Trinajstić information content (AvgIpc) is 2.66.